The maximum atomic E-state index is 14.3. The number of nitrogens with zero attached hydrogens (tertiary/aromatic N) is 2. The van der Waals surface area contributed by atoms with Crippen LogP contribution in [0, 0.1) is 4.91 Å². The van der Waals surface area contributed by atoms with E-state index in [-0.39, 0.29) is 25.7 Å². The molecule has 276 valence electrons. The number of amides is 4. The fraction of sp³-hybridized carbons (Fsp3) is 0.378. The summed E-state index contributed by atoms with van der Waals surface area (Å²) in [6.07, 6.45) is 3.35. The number of aromatic amines is 1. The van der Waals surface area contributed by atoms with E-state index >= 15 is 0 Å². The maximum Gasteiger partial charge on any atom is 0.313 e. The molecule has 0 saturated heterocycles. The predicted octanol–water partition coefficient (Wildman–Crippen LogP) is 1.01. The molecule has 1 heterocycles. The number of hydrazine groups is 1. The number of H-pyrrole nitrogens is 1. The van der Waals surface area contributed by atoms with Crippen LogP contribution in [0.3, 0.4) is 0 Å². The standard InChI is InChI=1S/C37H48N10O5/c1-37(2,40)36(51)45-32(21-28-22-41-23-42-28)47(52)46-31(20-25-15-16-26-12-6-7-13-27(26)18-25)35(50)44-30(19-24-10-4-3-5-11-24)34(49)43-29(33(39)48)14-8-9-17-38/h3-7,10-13,15-16,18,22-23,29-32H,8-9,14,17,19-21,38,40H2,1-2H3,(H6-,39,41,42,43,44,45,46,48,49,50,51,52)/p+1/t29-,30+,31+,32+/m0/s1. The highest BCUT2D eigenvalue weighted by Gasteiger charge is 2.37. The molecular weight excluding hydrogens is 664 g/mol. The Morgan fingerprint density at radius 3 is 2.12 bits per heavy atom. The summed E-state index contributed by atoms with van der Waals surface area (Å²) in [7, 11) is 0. The van der Waals surface area contributed by atoms with Crippen molar-refractivity contribution in [3.05, 3.63) is 107 Å². The highest BCUT2D eigenvalue weighted by molar-refractivity contribution is 5.93. The number of imidazole rings is 1. The molecule has 52 heavy (non-hydrogen) atoms. The van der Waals surface area contributed by atoms with Crippen LogP contribution in [-0.2, 0) is 38.4 Å². The summed E-state index contributed by atoms with van der Waals surface area (Å²) in [5.74, 6) is -2.59. The molecule has 0 fully saturated rings. The molecule has 4 amide bonds. The van der Waals surface area contributed by atoms with Gasteiger partial charge in [0.2, 0.25) is 23.6 Å². The van der Waals surface area contributed by atoms with Gasteiger partial charge in [-0.1, -0.05) is 72.8 Å². The van der Waals surface area contributed by atoms with Crippen molar-refractivity contribution in [3.63, 3.8) is 0 Å². The molecule has 0 saturated carbocycles. The van der Waals surface area contributed by atoms with Gasteiger partial charge in [-0.15, -0.1) is 5.43 Å². The zero-order valence-electron chi connectivity index (χ0n) is 29.5. The van der Waals surface area contributed by atoms with Crippen LogP contribution in [0.5, 0.6) is 0 Å². The van der Waals surface area contributed by atoms with Crippen molar-refractivity contribution in [2.24, 2.45) is 17.2 Å². The first-order valence-electron chi connectivity index (χ1n) is 17.3. The Hall–Kier alpha value is -5.67. The Labute approximate surface area is 302 Å². The molecule has 4 rings (SSSR count). The topological polar surface area (TPSA) is 243 Å². The molecule has 4 atom stereocenters. The number of unbranched alkanes of at least 4 members (excludes halogenated alkanes) is 1. The number of fused-ring (bicyclic) bond motifs is 1. The van der Waals surface area contributed by atoms with E-state index in [1.165, 1.54) is 26.4 Å². The van der Waals surface area contributed by atoms with Crippen molar-refractivity contribution in [2.45, 2.75) is 82.2 Å². The average molecular weight is 714 g/mol. The number of carbonyl (C=O) groups excluding carboxylic acids is 4. The molecule has 0 radical (unpaired) electrons. The van der Waals surface area contributed by atoms with E-state index in [9.17, 15) is 24.1 Å². The van der Waals surface area contributed by atoms with E-state index < -0.39 is 53.5 Å². The van der Waals surface area contributed by atoms with E-state index in [2.05, 4.69) is 31.3 Å². The minimum absolute atomic E-state index is 0.000331. The second-order valence-corrected chi connectivity index (χ2v) is 13.4. The molecule has 0 aliphatic heterocycles. The molecule has 15 nitrogen and oxygen atoms in total. The number of hydrogen-bond donors (Lipinski definition) is 8. The highest BCUT2D eigenvalue weighted by atomic mass is 16.3. The third kappa shape index (κ3) is 11.7. The molecular formula is C37H49N10O5+. The summed E-state index contributed by atoms with van der Waals surface area (Å²) < 4.78 is 0. The lowest BCUT2D eigenvalue weighted by Gasteiger charge is -2.24. The van der Waals surface area contributed by atoms with E-state index in [0.717, 1.165) is 21.9 Å². The summed E-state index contributed by atoms with van der Waals surface area (Å²) in [6, 6.07) is 19.1. The van der Waals surface area contributed by atoms with Crippen LogP contribution in [0.4, 0.5) is 0 Å². The van der Waals surface area contributed by atoms with Crippen molar-refractivity contribution in [1.29, 1.82) is 0 Å². The number of nitrogens with one attached hydrogen (secondary N) is 5. The van der Waals surface area contributed by atoms with E-state index in [0.29, 0.717) is 29.9 Å². The normalized spacial score (nSPS) is 13.7. The van der Waals surface area contributed by atoms with Gasteiger partial charge in [0.05, 0.1) is 23.2 Å². The summed E-state index contributed by atoms with van der Waals surface area (Å²) >= 11 is 0. The number of nitrogens with two attached hydrogens (primary N) is 3. The Morgan fingerprint density at radius 1 is 0.808 bits per heavy atom. The monoisotopic (exact) mass is 713 g/mol. The molecule has 4 aromatic rings. The Balaban J connectivity index is 1.65. The van der Waals surface area contributed by atoms with Crippen molar-refractivity contribution >= 4 is 34.4 Å². The first-order valence-corrected chi connectivity index (χ1v) is 17.3. The second-order valence-electron chi connectivity index (χ2n) is 13.4. The molecule has 1 aromatic heterocycles. The van der Waals surface area contributed by atoms with Crippen molar-refractivity contribution in [3.8, 4) is 0 Å². The zero-order valence-corrected chi connectivity index (χ0v) is 29.5. The Morgan fingerprint density at radius 2 is 1.46 bits per heavy atom. The van der Waals surface area contributed by atoms with Crippen LogP contribution < -0.4 is 38.6 Å². The zero-order chi connectivity index (χ0) is 37.7. The van der Waals surface area contributed by atoms with Gasteiger partial charge in [-0.05, 0) is 61.6 Å². The van der Waals surface area contributed by atoms with Gasteiger partial charge in [-0.3, -0.25) is 24.5 Å². The lowest BCUT2D eigenvalue weighted by atomic mass is 10.00. The molecule has 15 heteroatoms. The molecule has 0 unspecified atom stereocenters. The van der Waals surface area contributed by atoms with Gasteiger partial charge in [-0.2, -0.15) is 0 Å². The SMILES string of the molecule is CC(C)(N)C(=O)N[C@@H](Cc1cnc[nH]1)[N+](=O)N[C@H](Cc1ccc2ccccc2c1)C(=O)N[C@H](Cc1ccccc1)C(=O)N[C@@H](CCCCN)C(N)=O. The fourth-order valence-corrected chi connectivity index (χ4v) is 5.56. The molecule has 0 spiro atoms. The lowest BCUT2D eigenvalue weighted by molar-refractivity contribution is -0.647. The Bertz CT molecular complexity index is 1810. The van der Waals surface area contributed by atoms with E-state index in [4.69, 9.17) is 17.2 Å². The summed E-state index contributed by atoms with van der Waals surface area (Å²) in [5, 5.41) is 10.1. The van der Waals surface area contributed by atoms with Crippen LogP contribution in [0.25, 0.3) is 10.8 Å². The first-order chi connectivity index (χ1) is 24.8. The van der Waals surface area contributed by atoms with Crippen LogP contribution in [0.1, 0.15) is 49.9 Å². The number of rotatable bonds is 20. The van der Waals surface area contributed by atoms with Crippen molar-refractivity contribution < 1.29 is 24.0 Å². The fourth-order valence-electron chi connectivity index (χ4n) is 5.56. The maximum absolute atomic E-state index is 14.3. The quantitative estimate of drug-likeness (QED) is 0.0282. The van der Waals surface area contributed by atoms with Crippen LogP contribution in [0.15, 0.2) is 85.3 Å². The molecule has 3 aromatic carbocycles. The summed E-state index contributed by atoms with van der Waals surface area (Å²) in [4.78, 5) is 74.4. The third-order valence-corrected chi connectivity index (χ3v) is 8.51. The second kappa shape index (κ2) is 18.5. The number of hydrogen-bond acceptors (Lipinski definition) is 8. The largest absolute Gasteiger partial charge is 0.368 e. The smallest absolute Gasteiger partial charge is 0.313 e. The third-order valence-electron chi connectivity index (χ3n) is 8.51. The molecule has 0 aliphatic carbocycles. The molecule has 11 N–H and O–H groups in total. The van der Waals surface area contributed by atoms with Gasteiger partial charge >= 0.3 is 6.17 Å². The van der Waals surface area contributed by atoms with Gasteiger partial charge in [0.1, 0.15) is 17.0 Å². The highest BCUT2D eigenvalue weighted by Crippen LogP contribution is 2.17. The van der Waals surface area contributed by atoms with Crippen molar-refractivity contribution in [2.75, 3.05) is 6.54 Å². The predicted molar refractivity (Wildman–Crippen MR) is 197 cm³/mol. The minimum atomic E-state index is -1.31. The first kappa shape index (κ1) is 39.1. The van der Waals surface area contributed by atoms with Crippen molar-refractivity contribution in [1.82, 2.24) is 31.3 Å². The van der Waals surface area contributed by atoms with Crippen LogP contribution in [0.2, 0.25) is 0 Å². The number of primary amides is 1. The molecule has 0 bridgehead atoms. The van der Waals surface area contributed by atoms with Gasteiger partial charge in [0, 0.05) is 24.7 Å². The van der Waals surface area contributed by atoms with E-state index in [1.807, 2.05) is 60.7 Å². The Kier molecular flexibility index (Phi) is 13.9. The molecule has 0 aliphatic rings. The average Bonchev–Trinajstić information content (AvgIpc) is 3.63. The number of nitroso groups, excluding NO2 is 1. The number of aromatic nitrogens is 2. The van der Waals surface area contributed by atoms with Gasteiger partial charge in [-0.25, -0.2) is 4.98 Å². The summed E-state index contributed by atoms with van der Waals surface area (Å²) in [5.41, 5.74) is 20.7. The number of benzene rings is 3. The van der Waals surface area contributed by atoms with Crippen LogP contribution in [-0.4, -0.2) is 74.8 Å². The minimum Gasteiger partial charge on any atom is -0.368 e. The van der Waals surface area contributed by atoms with E-state index in [1.54, 1.807) is 12.1 Å². The van der Waals surface area contributed by atoms with Gasteiger partial charge < -0.3 is 32.8 Å². The van der Waals surface area contributed by atoms with Gasteiger partial charge in [0.15, 0.2) is 6.04 Å². The number of carbonyl (C=O) groups is 4. The van der Waals surface area contributed by atoms with Gasteiger partial charge in [0.25, 0.3) is 0 Å². The summed E-state index contributed by atoms with van der Waals surface area (Å²) in [6.45, 7) is 3.44. The van der Waals surface area contributed by atoms with Crippen LogP contribution >= 0.6 is 0 Å². The lowest BCUT2D eigenvalue weighted by Crippen LogP contribution is -2.61.